The van der Waals surface area contributed by atoms with Gasteiger partial charge in [-0.05, 0) is 18.6 Å². The van der Waals surface area contributed by atoms with Crippen LogP contribution in [0.1, 0.15) is 11.1 Å². The smallest absolute Gasteiger partial charge is 0.0537 e. The van der Waals surface area contributed by atoms with Gasteiger partial charge in [-0.3, -0.25) is 5.10 Å². The van der Waals surface area contributed by atoms with Crippen molar-refractivity contribution in [1.29, 1.82) is 0 Å². The second-order valence-electron chi connectivity index (χ2n) is 3.28. The van der Waals surface area contributed by atoms with E-state index in [1.165, 1.54) is 11.3 Å². The zero-order chi connectivity index (χ0) is 9.80. The fraction of sp³-hybridized carbons (Fsp3) is 0.182. The molecule has 0 saturated heterocycles. The molecule has 0 aliphatic heterocycles. The second-order valence-corrected chi connectivity index (χ2v) is 3.28. The van der Waals surface area contributed by atoms with Crippen molar-refractivity contribution < 1.29 is 0 Å². The predicted octanol–water partition coefficient (Wildman–Crippen LogP) is 2.33. The number of benzene rings is 1. The molecule has 0 aliphatic carbocycles. The summed E-state index contributed by atoms with van der Waals surface area (Å²) < 4.78 is 0. The van der Waals surface area contributed by atoms with E-state index >= 15 is 0 Å². The normalized spacial score (nSPS) is 10.1. The number of anilines is 1. The molecule has 0 unspecified atom stereocenters. The highest BCUT2D eigenvalue weighted by atomic mass is 15.1. The zero-order valence-corrected chi connectivity index (χ0v) is 8.12. The lowest BCUT2D eigenvalue weighted by Crippen LogP contribution is -1.99. The Labute approximate surface area is 83.2 Å². The van der Waals surface area contributed by atoms with Crippen LogP contribution in [0.25, 0.3) is 0 Å². The van der Waals surface area contributed by atoms with Gasteiger partial charge in [0.05, 0.1) is 6.20 Å². The molecule has 0 spiro atoms. The van der Waals surface area contributed by atoms with Gasteiger partial charge in [0.2, 0.25) is 0 Å². The Morgan fingerprint density at radius 3 is 2.93 bits per heavy atom. The lowest BCUT2D eigenvalue weighted by Gasteiger charge is -2.07. The van der Waals surface area contributed by atoms with Crippen LogP contribution in [0.5, 0.6) is 0 Å². The zero-order valence-electron chi connectivity index (χ0n) is 8.12. The number of hydrogen-bond acceptors (Lipinski definition) is 2. The highest BCUT2D eigenvalue weighted by Gasteiger charge is 1.96. The minimum Gasteiger partial charge on any atom is -0.381 e. The first kappa shape index (κ1) is 8.81. The summed E-state index contributed by atoms with van der Waals surface area (Å²) in [6.45, 7) is 2.90. The van der Waals surface area contributed by atoms with E-state index in [0.29, 0.717) is 0 Å². The third-order valence-corrected chi connectivity index (χ3v) is 2.18. The third-order valence-electron chi connectivity index (χ3n) is 2.18. The van der Waals surface area contributed by atoms with E-state index in [-0.39, 0.29) is 0 Å². The molecule has 0 saturated carbocycles. The fourth-order valence-corrected chi connectivity index (χ4v) is 1.34. The summed E-state index contributed by atoms with van der Waals surface area (Å²) in [6, 6.07) is 8.25. The maximum absolute atomic E-state index is 3.89. The van der Waals surface area contributed by atoms with Crippen LogP contribution in [-0.2, 0) is 6.54 Å². The molecule has 0 bridgehead atoms. The van der Waals surface area contributed by atoms with Crippen LogP contribution in [0.4, 0.5) is 5.69 Å². The fourth-order valence-electron chi connectivity index (χ4n) is 1.34. The summed E-state index contributed by atoms with van der Waals surface area (Å²) in [5.74, 6) is 0. The molecule has 72 valence electrons. The average Bonchev–Trinajstić information content (AvgIpc) is 2.69. The topological polar surface area (TPSA) is 40.7 Å². The minimum absolute atomic E-state index is 0.807. The van der Waals surface area contributed by atoms with Gasteiger partial charge in [-0.1, -0.05) is 18.2 Å². The molecule has 0 amide bonds. The lowest BCUT2D eigenvalue weighted by molar-refractivity contribution is 1.09. The molecule has 0 atom stereocenters. The first-order chi connectivity index (χ1) is 6.86. The summed E-state index contributed by atoms with van der Waals surface area (Å²) in [5.41, 5.74) is 3.60. The molecule has 1 aromatic carbocycles. The molecule has 0 fully saturated rings. The van der Waals surface area contributed by atoms with Gasteiger partial charge >= 0.3 is 0 Å². The molecular formula is C11H13N3. The first-order valence-electron chi connectivity index (χ1n) is 4.63. The molecule has 3 heteroatoms. The van der Waals surface area contributed by atoms with E-state index in [9.17, 15) is 0 Å². The van der Waals surface area contributed by atoms with Crippen molar-refractivity contribution in [3.05, 3.63) is 47.8 Å². The van der Waals surface area contributed by atoms with Crippen molar-refractivity contribution in [2.24, 2.45) is 0 Å². The maximum atomic E-state index is 3.89. The Bertz CT molecular complexity index is 393. The van der Waals surface area contributed by atoms with Crippen LogP contribution >= 0.6 is 0 Å². The second kappa shape index (κ2) is 3.96. The lowest BCUT2D eigenvalue weighted by atomic mass is 10.2. The summed E-state index contributed by atoms with van der Waals surface area (Å²) in [4.78, 5) is 0. The highest BCUT2D eigenvalue weighted by molar-refractivity contribution is 5.50. The number of nitrogens with one attached hydrogen (secondary N) is 2. The van der Waals surface area contributed by atoms with Gasteiger partial charge in [-0.25, -0.2) is 0 Å². The molecular weight excluding hydrogens is 174 g/mol. The third kappa shape index (κ3) is 1.93. The van der Waals surface area contributed by atoms with Gasteiger partial charge in [0.15, 0.2) is 0 Å². The predicted molar refractivity (Wildman–Crippen MR) is 57.1 cm³/mol. The molecule has 2 aromatic rings. The highest BCUT2D eigenvalue weighted by Crippen LogP contribution is 2.13. The number of rotatable bonds is 3. The van der Waals surface area contributed by atoms with E-state index in [2.05, 4.69) is 34.6 Å². The van der Waals surface area contributed by atoms with Gasteiger partial charge in [-0.2, -0.15) is 5.10 Å². The summed E-state index contributed by atoms with van der Waals surface area (Å²) in [7, 11) is 0. The van der Waals surface area contributed by atoms with Crippen LogP contribution < -0.4 is 5.32 Å². The number of nitrogens with zero attached hydrogens (tertiary/aromatic N) is 1. The van der Waals surface area contributed by atoms with Crippen LogP contribution in [-0.4, -0.2) is 10.2 Å². The van der Waals surface area contributed by atoms with Crippen LogP contribution in [0, 0.1) is 6.92 Å². The van der Waals surface area contributed by atoms with Gasteiger partial charge in [0.25, 0.3) is 0 Å². The number of aromatic nitrogens is 2. The van der Waals surface area contributed by atoms with E-state index < -0.39 is 0 Å². The largest absolute Gasteiger partial charge is 0.381 e. The number of aryl methyl sites for hydroxylation is 1. The average molecular weight is 187 g/mol. The Morgan fingerprint density at radius 1 is 1.36 bits per heavy atom. The monoisotopic (exact) mass is 187 g/mol. The van der Waals surface area contributed by atoms with E-state index in [4.69, 9.17) is 0 Å². The number of aromatic amines is 1. The van der Waals surface area contributed by atoms with Crippen LogP contribution in [0.15, 0.2) is 36.7 Å². The molecule has 0 radical (unpaired) electrons. The molecule has 14 heavy (non-hydrogen) atoms. The van der Waals surface area contributed by atoms with Crippen molar-refractivity contribution >= 4 is 5.69 Å². The first-order valence-corrected chi connectivity index (χ1v) is 4.63. The van der Waals surface area contributed by atoms with E-state index in [1.807, 2.05) is 24.5 Å². The quantitative estimate of drug-likeness (QED) is 0.774. The van der Waals surface area contributed by atoms with Gasteiger partial charge in [0.1, 0.15) is 0 Å². The van der Waals surface area contributed by atoms with Crippen LogP contribution in [0.2, 0.25) is 0 Å². The van der Waals surface area contributed by atoms with Gasteiger partial charge in [-0.15, -0.1) is 0 Å². The summed E-state index contributed by atoms with van der Waals surface area (Å²) in [6.07, 6.45) is 3.72. The minimum atomic E-state index is 0.807. The Morgan fingerprint density at radius 2 is 2.21 bits per heavy atom. The Hall–Kier alpha value is -1.77. The number of H-pyrrole nitrogens is 1. The van der Waals surface area contributed by atoms with E-state index in [0.717, 1.165) is 12.1 Å². The summed E-state index contributed by atoms with van der Waals surface area (Å²) >= 11 is 0. The van der Waals surface area contributed by atoms with Crippen molar-refractivity contribution in [3.63, 3.8) is 0 Å². The molecule has 0 aliphatic rings. The van der Waals surface area contributed by atoms with Crippen LogP contribution in [0.3, 0.4) is 0 Å². The summed E-state index contributed by atoms with van der Waals surface area (Å²) in [5, 5.41) is 10.0. The molecule has 2 N–H and O–H groups in total. The van der Waals surface area contributed by atoms with Gasteiger partial charge < -0.3 is 5.32 Å². The van der Waals surface area contributed by atoms with Crippen molar-refractivity contribution in [3.8, 4) is 0 Å². The van der Waals surface area contributed by atoms with Crippen molar-refractivity contribution in [2.75, 3.05) is 5.32 Å². The maximum Gasteiger partial charge on any atom is 0.0537 e. The Balaban J connectivity index is 2.02. The molecule has 1 heterocycles. The van der Waals surface area contributed by atoms with Crippen molar-refractivity contribution in [2.45, 2.75) is 13.5 Å². The molecule has 3 nitrogen and oxygen atoms in total. The molecule has 2 rings (SSSR count). The Kier molecular flexibility index (Phi) is 2.49. The number of hydrogen-bond donors (Lipinski definition) is 2. The van der Waals surface area contributed by atoms with E-state index in [1.54, 1.807) is 0 Å². The van der Waals surface area contributed by atoms with Gasteiger partial charge in [0, 0.05) is 24.0 Å². The van der Waals surface area contributed by atoms with Crippen molar-refractivity contribution in [1.82, 2.24) is 10.2 Å². The standard InChI is InChI=1S/C11H13N3/c1-9-4-2-3-5-11(9)12-6-10-7-13-14-8-10/h2-5,7-8,12H,6H2,1H3,(H,13,14). The SMILES string of the molecule is Cc1ccccc1NCc1cn[nH]c1. The molecule has 1 aromatic heterocycles. The number of para-hydroxylation sites is 1.